The first kappa shape index (κ1) is 9.51. The van der Waals surface area contributed by atoms with Crippen molar-refractivity contribution in [2.24, 2.45) is 0 Å². The second-order valence-corrected chi connectivity index (χ2v) is 2.63. The molecule has 0 atom stereocenters. The van der Waals surface area contributed by atoms with Gasteiger partial charge in [0.25, 0.3) is 5.91 Å². The molecule has 0 saturated carbocycles. The molecule has 0 aliphatic rings. The van der Waals surface area contributed by atoms with E-state index in [2.05, 4.69) is 5.32 Å². The highest BCUT2D eigenvalue weighted by Gasteiger charge is 2.05. The minimum atomic E-state index is -0.656. The van der Waals surface area contributed by atoms with Crippen LogP contribution in [0.4, 0.5) is 10.1 Å². The monoisotopic (exact) mass is 182 g/mol. The third kappa shape index (κ3) is 1.96. The summed E-state index contributed by atoms with van der Waals surface area (Å²) in [4.78, 5) is 11.1. The number of nitrogens with two attached hydrogens (primary N) is 1. The maximum atomic E-state index is 12.3. The lowest BCUT2D eigenvalue weighted by atomic mass is 10.1. The third-order valence-corrected chi connectivity index (χ3v) is 1.78. The fourth-order valence-electron chi connectivity index (χ4n) is 1.01. The highest BCUT2D eigenvalue weighted by Crippen LogP contribution is 2.15. The number of halogens is 1. The van der Waals surface area contributed by atoms with E-state index >= 15 is 0 Å². The zero-order valence-corrected chi connectivity index (χ0v) is 7.30. The van der Waals surface area contributed by atoms with Gasteiger partial charge in [-0.15, -0.1) is 0 Å². The SMILES string of the molecule is CNC(=O)c1ccc(N)c(CF)c1. The number of hydrogen-bond donors (Lipinski definition) is 2. The van der Waals surface area contributed by atoms with Crippen molar-refractivity contribution >= 4 is 11.6 Å². The third-order valence-electron chi connectivity index (χ3n) is 1.78. The average molecular weight is 182 g/mol. The number of nitrogen functional groups attached to an aromatic ring is 1. The molecule has 1 rings (SSSR count). The Bertz CT molecular complexity index is 325. The molecule has 0 aliphatic heterocycles. The van der Waals surface area contributed by atoms with Gasteiger partial charge in [0.2, 0.25) is 0 Å². The summed E-state index contributed by atoms with van der Waals surface area (Å²) in [6, 6.07) is 4.54. The fourth-order valence-corrected chi connectivity index (χ4v) is 1.01. The Morgan fingerprint density at radius 1 is 1.62 bits per heavy atom. The summed E-state index contributed by atoms with van der Waals surface area (Å²) >= 11 is 0. The molecule has 0 spiro atoms. The molecule has 0 aromatic heterocycles. The number of carbonyl (C=O) groups excluding carboxylic acids is 1. The van der Waals surface area contributed by atoms with Gasteiger partial charge in [0, 0.05) is 23.9 Å². The van der Waals surface area contributed by atoms with Crippen molar-refractivity contribution in [3.05, 3.63) is 29.3 Å². The number of alkyl halides is 1. The molecule has 1 amide bonds. The normalized spacial score (nSPS) is 9.69. The molecule has 0 saturated heterocycles. The van der Waals surface area contributed by atoms with Crippen LogP contribution in [0.5, 0.6) is 0 Å². The molecule has 13 heavy (non-hydrogen) atoms. The van der Waals surface area contributed by atoms with Gasteiger partial charge >= 0.3 is 0 Å². The molecule has 70 valence electrons. The van der Waals surface area contributed by atoms with Crippen LogP contribution in [-0.2, 0) is 6.67 Å². The molecule has 0 aliphatic carbocycles. The van der Waals surface area contributed by atoms with Crippen LogP contribution in [-0.4, -0.2) is 13.0 Å². The molecule has 4 heteroatoms. The number of nitrogens with one attached hydrogen (secondary N) is 1. The second kappa shape index (κ2) is 3.89. The van der Waals surface area contributed by atoms with Crippen LogP contribution in [0.15, 0.2) is 18.2 Å². The summed E-state index contributed by atoms with van der Waals surface area (Å²) < 4.78 is 12.3. The largest absolute Gasteiger partial charge is 0.398 e. The minimum Gasteiger partial charge on any atom is -0.398 e. The van der Waals surface area contributed by atoms with Gasteiger partial charge in [-0.3, -0.25) is 4.79 Å². The van der Waals surface area contributed by atoms with Crippen LogP contribution in [0, 0.1) is 0 Å². The Labute approximate surface area is 75.7 Å². The van der Waals surface area contributed by atoms with Gasteiger partial charge in [-0.05, 0) is 18.2 Å². The highest BCUT2D eigenvalue weighted by molar-refractivity contribution is 5.94. The molecule has 3 N–H and O–H groups in total. The minimum absolute atomic E-state index is 0.241. The van der Waals surface area contributed by atoms with E-state index in [0.29, 0.717) is 16.8 Å². The highest BCUT2D eigenvalue weighted by atomic mass is 19.1. The molecule has 3 nitrogen and oxygen atoms in total. The van der Waals surface area contributed by atoms with Crippen molar-refractivity contribution in [3.8, 4) is 0 Å². The van der Waals surface area contributed by atoms with E-state index in [9.17, 15) is 9.18 Å². The van der Waals surface area contributed by atoms with Crippen LogP contribution < -0.4 is 11.1 Å². The Morgan fingerprint density at radius 3 is 2.85 bits per heavy atom. The number of hydrogen-bond acceptors (Lipinski definition) is 2. The summed E-state index contributed by atoms with van der Waals surface area (Å²) in [6.07, 6.45) is 0. The second-order valence-electron chi connectivity index (χ2n) is 2.63. The Kier molecular flexibility index (Phi) is 2.84. The standard InChI is InChI=1S/C9H11FN2O/c1-12-9(13)6-2-3-8(11)7(4-6)5-10/h2-4H,5,11H2,1H3,(H,12,13). The molecule has 0 heterocycles. The molecule has 1 aromatic rings. The maximum Gasteiger partial charge on any atom is 0.251 e. The number of benzene rings is 1. The van der Waals surface area contributed by atoms with Gasteiger partial charge in [0.05, 0.1) is 0 Å². The zero-order valence-electron chi connectivity index (χ0n) is 7.30. The average Bonchev–Trinajstić information content (AvgIpc) is 2.17. The number of rotatable bonds is 2. The van der Waals surface area contributed by atoms with Gasteiger partial charge < -0.3 is 11.1 Å². The number of carbonyl (C=O) groups is 1. The van der Waals surface area contributed by atoms with E-state index in [-0.39, 0.29) is 5.91 Å². The van der Waals surface area contributed by atoms with Gasteiger partial charge in [0.1, 0.15) is 6.67 Å². The van der Waals surface area contributed by atoms with E-state index in [1.165, 1.54) is 19.2 Å². The summed E-state index contributed by atoms with van der Waals surface area (Å²) in [7, 11) is 1.52. The Balaban J connectivity index is 3.06. The molecule has 0 unspecified atom stereocenters. The van der Waals surface area contributed by atoms with Crippen molar-refractivity contribution in [1.82, 2.24) is 5.32 Å². The van der Waals surface area contributed by atoms with Crippen molar-refractivity contribution in [3.63, 3.8) is 0 Å². The van der Waals surface area contributed by atoms with Crippen LogP contribution in [0.1, 0.15) is 15.9 Å². The summed E-state index contributed by atoms with van der Waals surface area (Å²) in [5.41, 5.74) is 6.61. The molecule has 0 bridgehead atoms. The van der Waals surface area contributed by atoms with Gasteiger partial charge in [-0.25, -0.2) is 4.39 Å². The quantitative estimate of drug-likeness (QED) is 0.673. The van der Waals surface area contributed by atoms with Crippen LogP contribution >= 0.6 is 0 Å². The number of anilines is 1. The predicted octanol–water partition coefficient (Wildman–Crippen LogP) is 1.10. The van der Waals surface area contributed by atoms with E-state index in [1.54, 1.807) is 6.07 Å². The molecule has 1 aromatic carbocycles. The zero-order chi connectivity index (χ0) is 9.84. The lowest BCUT2D eigenvalue weighted by Crippen LogP contribution is -2.18. The van der Waals surface area contributed by atoms with E-state index in [0.717, 1.165) is 0 Å². The van der Waals surface area contributed by atoms with Gasteiger partial charge in [-0.1, -0.05) is 0 Å². The molecular formula is C9H11FN2O. The van der Waals surface area contributed by atoms with Gasteiger partial charge in [-0.2, -0.15) is 0 Å². The predicted molar refractivity (Wildman–Crippen MR) is 49.1 cm³/mol. The number of amides is 1. The first-order chi connectivity index (χ1) is 6.19. The van der Waals surface area contributed by atoms with E-state index in [4.69, 9.17) is 5.73 Å². The molecular weight excluding hydrogens is 171 g/mol. The van der Waals surface area contributed by atoms with E-state index < -0.39 is 6.67 Å². The van der Waals surface area contributed by atoms with Crippen molar-refractivity contribution in [2.75, 3.05) is 12.8 Å². The maximum absolute atomic E-state index is 12.3. The first-order valence-electron chi connectivity index (χ1n) is 3.85. The van der Waals surface area contributed by atoms with Crippen molar-refractivity contribution < 1.29 is 9.18 Å². The van der Waals surface area contributed by atoms with Crippen molar-refractivity contribution in [2.45, 2.75) is 6.67 Å². The topological polar surface area (TPSA) is 55.1 Å². The smallest absolute Gasteiger partial charge is 0.251 e. The Hall–Kier alpha value is -1.58. The van der Waals surface area contributed by atoms with Crippen molar-refractivity contribution in [1.29, 1.82) is 0 Å². The molecule has 0 fully saturated rings. The van der Waals surface area contributed by atoms with Gasteiger partial charge in [0.15, 0.2) is 0 Å². The molecule has 0 radical (unpaired) electrons. The first-order valence-corrected chi connectivity index (χ1v) is 3.85. The van der Waals surface area contributed by atoms with E-state index in [1.807, 2.05) is 0 Å². The lowest BCUT2D eigenvalue weighted by molar-refractivity contribution is 0.0963. The van der Waals surface area contributed by atoms with Crippen LogP contribution in [0.2, 0.25) is 0 Å². The Morgan fingerprint density at radius 2 is 2.31 bits per heavy atom. The summed E-state index contributed by atoms with van der Waals surface area (Å²) in [6.45, 7) is -0.656. The lowest BCUT2D eigenvalue weighted by Gasteiger charge is -2.04. The van der Waals surface area contributed by atoms with Crippen LogP contribution in [0.25, 0.3) is 0 Å². The fraction of sp³-hybridized carbons (Fsp3) is 0.222. The summed E-state index contributed by atoms with van der Waals surface area (Å²) in [5.74, 6) is -0.241. The van der Waals surface area contributed by atoms with Crippen LogP contribution in [0.3, 0.4) is 0 Å². The summed E-state index contributed by atoms with van der Waals surface area (Å²) in [5, 5.41) is 2.45.